The molecule has 1 N–H and O–H groups in total. The molecule has 3 rings (SSSR count). The summed E-state index contributed by atoms with van der Waals surface area (Å²) < 4.78 is 2.96. The summed E-state index contributed by atoms with van der Waals surface area (Å²) in [6, 6.07) is 3.99. The second kappa shape index (κ2) is 5.24. The van der Waals surface area contributed by atoms with Crippen LogP contribution >= 0.6 is 11.3 Å². The summed E-state index contributed by atoms with van der Waals surface area (Å²) in [5.41, 5.74) is 0.164. The van der Waals surface area contributed by atoms with E-state index in [0.717, 1.165) is 42.1 Å². The third kappa shape index (κ3) is 2.35. The molecule has 4 heteroatoms. The number of pyridine rings is 1. The normalized spacial score (nSPS) is 20.3. The number of aryl methyl sites for hydroxylation is 1. The van der Waals surface area contributed by atoms with E-state index in [1.807, 2.05) is 22.2 Å². The van der Waals surface area contributed by atoms with Gasteiger partial charge in [-0.3, -0.25) is 4.79 Å². The monoisotopic (exact) mass is 262 g/mol. The number of aromatic nitrogens is 1. The molecule has 1 aliphatic heterocycles. The summed E-state index contributed by atoms with van der Waals surface area (Å²) in [7, 11) is 0. The number of piperidine rings is 1. The average molecular weight is 262 g/mol. The summed E-state index contributed by atoms with van der Waals surface area (Å²) in [5.74, 6) is 0.726. The highest BCUT2D eigenvalue weighted by Crippen LogP contribution is 2.18. The molecular formula is C14H18N2OS. The summed E-state index contributed by atoms with van der Waals surface area (Å²) in [6.45, 7) is 3.10. The molecule has 1 aliphatic rings. The van der Waals surface area contributed by atoms with Crippen LogP contribution in [0.5, 0.6) is 0 Å². The number of fused-ring (bicyclic) bond motifs is 1. The number of thiophene rings is 1. The minimum Gasteiger partial charge on any atom is -0.316 e. The highest BCUT2D eigenvalue weighted by molar-refractivity contribution is 7.17. The topological polar surface area (TPSA) is 34.0 Å². The molecule has 96 valence electrons. The Morgan fingerprint density at radius 3 is 3.22 bits per heavy atom. The van der Waals surface area contributed by atoms with Crippen molar-refractivity contribution >= 4 is 21.4 Å². The van der Waals surface area contributed by atoms with Crippen molar-refractivity contribution in [2.45, 2.75) is 25.8 Å². The lowest BCUT2D eigenvalue weighted by molar-refractivity contribution is 0.340. The molecule has 0 aromatic carbocycles. The van der Waals surface area contributed by atoms with E-state index in [1.54, 1.807) is 11.3 Å². The van der Waals surface area contributed by atoms with E-state index in [4.69, 9.17) is 0 Å². The largest absolute Gasteiger partial charge is 0.316 e. The van der Waals surface area contributed by atoms with Gasteiger partial charge in [0.1, 0.15) is 0 Å². The molecule has 0 bridgehead atoms. The van der Waals surface area contributed by atoms with Crippen LogP contribution in [0.2, 0.25) is 0 Å². The molecular weight excluding hydrogens is 244 g/mol. The maximum Gasteiger partial charge on any atom is 0.259 e. The fourth-order valence-electron chi connectivity index (χ4n) is 2.67. The van der Waals surface area contributed by atoms with Gasteiger partial charge in [-0.25, -0.2) is 0 Å². The van der Waals surface area contributed by atoms with E-state index < -0.39 is 0 Å². The summed E-state index contributed by atoms with van der Waals surface area (Å²) in [5, 5.41) is 6.28. The van der Waals surface area contributed by atoms with Crippen molar-refractivity contribution in [1.29, 1.82) is 0 Å². The lowest BCUT2D eigenvalue weighted by atomic mass is 9.96. The fraction of sp³-hybridized carbons (Fsp3) is 0.500. The molecule has 3 nitrogen and oxygen atoms in total. The van der Waals surface area contributed by atoms with E-state index in [2.05, 4.69) is 11.4 Å². The van der Waals surface area contributed by atoms with Crippen molar-refractivity contribution < 1.29 is 0 Å². The Morgan fingerprint density at radius 1 is 1.44 bits per heavy atom. The van der Waals surface area contributed by atoms with E-state index in [0.29, 0.717) is 0 Å². The Balaban J connectivity index is 1.74. The van der Waals surface area contributed by atoms with Crippen molar-refractivity contribution in [3.63, 3.8) is 0 Å². The molecule has 2 aromatic rings. The first-order valence-electron chi connectivity index (χ1n) is 6.62. The first-order chi connectivity index (χ1) is 8.84. The van der Waals surface area contributed by atoms with Gasteiger partial charge in [0.25, 0.3) is 5.56 Å². The van der Waals surface area contributed by atoms with Gasteiger partial charge in [0.05, 0.1) is 5.39 Å². The fourth-order valence-corrected chi connectivity index (χ4v) is 3.45. The quantitative estimate of drug-likeness (QED) is 0.922. The van der Waals surface area contributed by atoms with Crippen molar-refractivity contribution in [2.75, 3.05) is 13.1 Å². The Kier molecular flexibility index (Phi) is 3.48. The van der Waals surface area contributed by atoms with Gasteiger partial charge >= 0.3 is 0 Å². The lowest BCUT2D eigenvalue weighted by Gasteiger charge is -2.22. The molecule has 1 unspecified atom stereocenters. The van der Waals surface area contributed by atoms with Crippen LogP contribution in [0.1, 0.15) is 19.3 Å². The van der Waals surface area contributed by atoms with Gasteiger partial charge in [0.15, 0.2) is 0 Å². The van der Waals surface area contributed by atoms with Crippen LogP contribution < -0.4 is 10.9 Å². The summed E-state index contributed by atoms with van der Waals surface area (Å²) >= 11 is 1.63. The molecule has 1 atom stereocenters. The molecule has 0 radical (unpaired) electrons. The number of nitrogens with zero attached hydrogens (tertiary/aromatic N) is 1. The average Bonchev–Trinajstić information content (AvgIpc) is 2.88. The third-order valence-corrected chi connectivity index (χ3v) is 4.65. The minimum absolute atomic E-state index is 0.164. The van der Waals surface area contributed by atoms with Gasteiger partial charge < -0.3 is 9.88 Å². The van der Waals surface area contributed by atoms with Crippen LogP contribution in [-0.4, -0.2) is 17.7 Å². The highest BCUT2D eigenvalue weighted by atomic mass is 32.1. The Hall–Kier alpha value is -1.13. The van der Waals surface area contributed by atoms with Gasteiger partial charge in [0.2, 0.25) is 0 Å². The lowest BCUT2D eigenvalue weighted by Crippen LogP contribution is -2.31. The molecule has 2 aromatic heterocycles. The SMILES string of the molecule is O=c1c2ccsc2ccn1CCC1CCCNC1. The molecule has 3 heterocycles. The van der Waals surface area contributed by atoms with Crippen LogP contribution in [-0.2, 0) is 6.54 Å². The Morgan fingerprint density at radius 2 is 2.39 bits per heavy atom. The van der Waals surface area contributed by atoms with Crippen LogP contribution in [0, 0.1) is 5.92 Å². The van der Waals surface area contributed by atoms with Crippen molar-refractivity contribution in [3.05, 3.63) is 34.1 Å². The van der Waals surface area contributed by atoms with Gasteiger partial charge in [-0.15, -0.1) is 11.3 Å². The van der Waals surface area contributed by atoms with Gasteiger partial charge in [0, 0.05) is 17.4 Å². The predicted molar refractivity (Wildman–Crippen MR) is 76.3 cm³/mol. The Bertz CT molecular complexity index is 581. The van der Waals surface area contributed by atoms with E-state index >= 15 is 0 Å². The Labute approximate surface area is 110 Å². The first-order valence-corrected chi connectivity index (χ1v) is 7.50. The van der Waals surface area contributed by atoms with E-state index in [-0.39, 0.29) is 5.56 Å². The number of rotatable bonds is 3. The van der Waals surface area contributed by atoms with Gasteiger partial charge in [-0.2, -0.15) is 0 Å². The maximum atomic E-state index is 12.2. The van der Waals surface area contributed by atoms with E-state index in [1.165, 1.54) is 12.8 Å². The summed E-state index contributed by atoms with van der Waals surface area (Å²) in [6.07, 6.45) is 5.60. The number of nitrogens with one attached hydrogen (secondary N) is 1. The maximum absolute atomic E-state index is 12.2. The second-order valence-corrected chi connectivity index (χ2v) is 5.96. The molecule has 0 aliphatic carbocycles. The highest BCUT2D eigenvalue weighted by Gasteiger charge is 2.13. The van der Waals surface area contributed by atoms with Crippen LogP contribution in [0.3, 0.4) is 0 Å². The minimum atomic E-state index is 0.164. The predicted octanol–water partition coefficient (Wildman–Crippen LogP) is 2.45. The van der Waals surface area contributed by atoms with E-state index in [9.17, 15) is 4.79 Å². The van der Waals surface area contributed by atoms with Crippen LogP contribution in [0.25, 0.3) is 10.1 Å². The zero-order valence-corrected chi connectivity index (χ0v) is 11.2. The second-order valence-electron chi connectivity index (χ2n) is 5.01. The molecule has 0 saturated carbocycles. The zero-order valence-electron chi connectivity index (χ0n) is 10.4. The summed E-state index contributed by atoms with van der Waals surface area (Å²) in [4.78, 5) is 12.2. The van der Waals surface area contributed by atoms with Gasteiger partial charge in [-0.1, -0.05) is 0 Å². The first kappa shape index (κ1) is 11.9. The standard InChI is InChI=1S/C14H18N2OS/c17-14-12-5-9-18-13(12)4-8-16(14)7-3-11-2-1-6-15-10-11/h4-5,8-9,11,15H,1-3,6-7,10H2. The molecule has 1 fully saturated rings. The molecule has 0 amide bonds. The van der Waals surface area contributed by atoms with Crippen LogP contribution in [0.15, 0.2) is 28.5 Å². The number of hydrogen-bond donors (Lipinski definition) is 1. The molecule has 1 saturated heterocycles. The third-order valence-electron chi connectivity index (χ3n) is 3.77. The van der Waals surface area contributed by atoms with Crippen molar-refractivity contribution in [1.82, 2.24) is 9.88 Å². The van der Waals surface area contributed by atoms with Crippen molar-refractivity contribution in [2.24, 2.45) is 5.92 Å². The molecule has 0 spiro atoms. The van der Waals surface area contributed by atoms with Gasteiger partial charge in [-0.05, 0) is 55.8 Å². The molecule has 18 heavy (non-hydrogen) atoms. The zero-order chi connectivity index (χ0) is 12.4. The smallest absolute Gasteiger partial charge is 0.259 e. The number of hydrogen-bond acceptors (Lipinski definition) is 3. The van der Waals surface area contributed by atoms with Crippen molar-refractivity contribution in [3.8, 4) is 0 Å². The van der Waals surface area contributed by atoms with Crippen LogP contribution in [0.4, 0.5) is 0 Å².